The molecule has 1 aliphatic heterocycles. The van der Waals surface area contributed by atoms with Crippen molar-refractivity contribution in [3.05, 3.63) is 103 Å². The van der Waals surface area contributed by atoms with Gasteiger partial charge in [-0.3, -0.25) is 14.2 Å². The molecule has 0 saturated heterocycles. The second-order valence-corrected chi connectivity index (χ2v) is 9.14. The van der Waals surface area contributed by atoms with Crippen LogP contribution in [0.3, 0.4) is 0 Å². The summed E-state index contributed by atoms with van der Waals surface area (Å²) in [6.07, 6.45) is 3.40. The van der Waals surface area contributed by atoms with Gasteiger partial charge in [0.1, 0.15) is 18.1 Å². The van der Waals surface area contributed by atoms with Crippen molar-refractivity contribution in [2.75, 3.05) is 13.2 Å². The van der Waals surface area contributed by atoms with Gasteiger partial charge in [0.2, 0.25) is 0 Å². The van der Waals surface area contributed by atoms with Crippen LogP contribution in [0.1, 0.15) is 37.9 Å². The van der Waals surface area contributed by atoms with Crippen LogP contribution >= 0.6 is 11.3 Å². The number of rotatable bonds is 8. The van der Waals surface area contributed by atoms with E-state index in [4.69, 9.17) is 14.2 Å². The standard InChI is InChI=1S/C28H26N2O6S/c1-5-15-35-21-13-9-20(10-14-21)25-24(27(33)34-6-2)17(3)29-28-30(25)26(32)23(37-28)16-19-7-11-22(12-8-19)36-18(4)31/h5,7-14,16,25H,1,6,15H2,2-4H3/b23-16-. The third-order valence-corrected chi connectivity index (χ3v) is 6.50. The Morgan fingerprint density at radius 2 is 1.78 bits per heavy atom. The predicted octanol–water partition coefficient (Wildman–Crippen LogP) is 3.29. The van der Waals surface area contributed by atoms with E-state index in [1.54, 1.807) is 62.4 Å². The average Bonchev–Trinajstić information content (AvgIpc) is 3.17. The van der Waals surface area contributed by atoms with Crippen LogP contribution in [0.4, 0.5) is 0 Å². The van der Waals surface area contributed by atoms with Gasteiger partial charge in [-0.1, -0.05) is 48.3 Å². The molecule has 1 atom stereocenters. The van der Waals surface area contributed by atoms with Crippen molar-refractivity contribution in [2.24, 2.45) is 4.99 Å². The van der Waals surface area contributed by atoms with Crippen molar-refractivity contribution >= 4 is 29.4 Å². The molecule has 9 heteroatoms. The van der Waals surface area contributed by atoms with E-state index in [1.165, 1.54) is 22.8 Å². The molecule has 0 amide bonds. The summed E-state index contributed by atoms with van der Waals surface area (Å²) in [6.45, 7) is 9.02. The number of ether oxygens (including phenoxy) is 3. The highest BCUT2D eigenvalue weighted by atomic mass is 32.1. The zero-order chi connectivity index (χ0) is 26.5. The molecule has 0 N–H and O–H groups in total. The molecule has 37 heavy (non-hydrogen) atoms. The number of carbonyl (C=O) groups excluding carboxylic acids is 2. The summed E-state index contributed by atoms with van der Waals surface area (Å²) in [7, 11) is 0. The minimum Gasteiger partial charge on any atom is -0.490 e. The van der Waals surface area contributed by atoms with Gasteiger partial charge < -0.3 is 14.2 Å². The van der Waals surface area contributed by atoms with E-state index in [0.717, 1.165) is 11.1 Å². The quantitative estimate of drug-likeness (QED) is 0.258. The molecule has 4 rings (SSSR count). The van der Waals surface area contributed by atoms with Crippen molar-refractivity contribution in [1.82, 2.24) is 4.57 Å². The Labute approximate surface area is 217 Å². The minimum atomic E-state index is -0.711. The van der Waals surface area contributed by atoms with E-state index in [0.29, 0.717) is 38.7 Å². The Kier molecular flexibility index (Phi) is 7.83. The molecule has 0 saturated carbocycles. The van der Waals surface area contributed by atoms with Gasteiger partial charge in [0.25, 0.3) is 5.56 Å². The smallest absolute Gasteiger partial charge is 0.338 e. The van der Waals surface area contributed by atoms with Crippen molar-refractivity contribution in [3.8, 4) is 11.5 Å². The van der Waals surface area contributed by atoms with Gasteiger partial charge in [-0.25, -0.2) is 9.79 Å². The minimum absolute atomic E-state index is 0.199. The molecule has 3 aromatic rings. The molecule has 190 valence electrons. The van der Waals surface area contributed by atoms with Crippen LogP contribution in [0.15, 0.2) is 82.2 Å². The fourth-order valence-corrected chi connectivity index (χ4v) is 5.00. The maximum atomic E-state index is 13.7. The lowest BCUT2D eigenvalue weighted by atomic mass is 9.96. The number of hydrogen-bond acceptors (Lipinski definition) is 8. The Morgan fingerprint density at radius 3 is 2.41 bits per heavy atom. The van der Waals surface area contributed by atoms with E-state index in [-0.39, 0.29) is 12.2 Å². The molecule has 2 aromatic carbocycles. The van der Waals surface area contributed by atoms with Gasteiger partial charge in [-0.05, 0) is 55.3 Å². The van der Waals surface area contributed by atoms with Crippen molar-refractivity contribution in [2.45, 2.75) is 26.8 Å². The van der Waals surface area contributed by atoms with Crippen molar-refractivity contribution in [1.29, 1.82) is 0 Å². The molecule has 2 heterocycles. The van der Waals surface area contributed by atoms with Crippen LogP contribution in [-0.4, -0.2) is 29.7 Å². The van der Waals surface area contributed by atoms with E-state index < -0.39 is 18.0 Å². The second kappa shape index (κ2) is 11.2. The first-order valence-corrected chi connectivity index (χ1v) is 12.5. The zero-order valence-electron chi connectivity index (χ0n) is 20.7. The Hall–Kier alpha value is -4.24. The highest BCUT2D eigenvalue weighted by molar-refractivity contribution is 7.07. The average molecular weight is 519 g/mol. The molecule has 0 radical (unpaired) electrons. The molecule has 1 aromatic heterocycles. The van der Waals surface area contributed by atoms with Gasteiger partial charge in [0, 0.05) is 6.92 Å². The molecular formula is C28H26N2O6S. The summed E-state index contributed by atoms with van der Waals surface area (Å²) in [4.78, 5) is 42.9. The van der Waals surface area contributed by atoms with E-state index in [2.05, 4.69) is 11.6 Å². The van der Waals surface area contributed by atoms with Gasteiger partial charge in [-0.15, -0.1) is 0 Å². The molecule has 0 bridgehead atoms. The summed E-state index contributed by atoms with van der Waals surface area (Å²) >= 11 is 1.24. The lowest BCUT2D eigenvalue weighted by Crippen LogP contribution is -2.39. The van der Waals surface area contributed by atoms with Crippen molar-refractivity contribution < 1.29 is 23.8 Å². The lowest BCUT2D eigenvalue weighted by molar-refractivity contribution is -0.139. The number of allylic oxidation sites excluding steroid dienone is 1. The highest BCUT2D eigenvalue weighted by Gasteiger charge is 2.33. The topological polar surface area (TPSA) is 96.2 Å². The molecule has 0 aliphatic carbocycles. The number of thiazole rings is 1. The zero-order valence-corrected chi connectivity index (χ0v) is 21.5. The Bertz CT molecular complexity index is 1550. The number of hydrogen-bond donors (Lipinski definition) is 0. The van der Waals surface area contributed by atoms with Crippen LogP contribution in [0, 0.1) is 0 Å². The summed E-state index contributed by atoms with van der Waals surface area (Å²) < 4.78 is 18.0. The number of aromatic nitrogens is 1. The van der Waals surface area contributed by atoms with E-state index in [9.17, 15) is 14.4 Å². The summed E-state index contributed by atoms with van der Waals surface area (Å²) in [5.74, 6) is 0.137. The monoisotopic (exact) mass is 518 g/mol. The number of carbonyl (C=O) groups is 2. The van der Waals surface area contributed by atoms with E-state index >= 15 is 0 Å². The van der Waals surface area contributed by atoms with Crippen LogP contribution in [0.5, 0.6) is 11.5 Å². The number of benzene rings is 2. The SMILES string of the molecule is C=CCOc1ccc(C2C(C(=O)OCC)=C(C)N=c3s/c(=C\c4ccc(OC(C)=O)cc4)c(=O)n32)cc1. The second-order valence-electron chi connectivity index (χ2n) is 8.13. The lowest BCUT2D eigenvalue weighted by Gasteiger charge is -2.24. The molecular weight excluding hydrogens is 492 g/mol. The molecule has 8 nitrogen and oxygen atoms in total. The van der Waals surface area contributed by atoms with Crippen LogP contribution in [0.2, 0.25) is 0 Å². The number of fused-ring (bicyclic) bond motifs is 1. The van der Waals surface area contributed by atoms with E-state index in [1.807, 2.05) is 12.1 Å². The predicted molar refractivity (Wildman–Crippen MR) is 140 cm³/mol. The highest BCUT2D eigenvalue weighted by Crippen LogP contribution is 2.31. The first-order chi connectivity index (χ1) is 17.8. The van der Waals surface area contributed by atoms with Crippen molar-refractivity contribution in [3.63, 3.8) is 0 Å². The van der Waals surface area contributed by atoms with Crippen LogP contribution in [-0.2, 0) is 14.3 Å². The number of esters is 2. The van der Waals surface area contributed by atoms with Crippen LogP contribution in [0.25, 0.3) is 6.08 Å². The third-order valence-electron chi connectivity index (χ3n) is 5.52. The summed E-state index contributed by atoms with van der Waals surface area (Å²) in [5.41, 5.74) is 2.00. The van der Waals surface area contributed by atoms with Gasteiger partial charge in [0.15, 0.2) is 4.80 Å². The summed E-state index contributed by atoms with van der Waals surface area (Å²) in [6, 6.07) is 13.3. The van der Waals surface area contributed by atoms with Gasteiger partial charge in [0.05, 0.1) is 28.5 Å². The summed E-state index contributed by atoms with van der Waals surface area (Å²) in [5, 5.41) is 0. The largest absolute Gasteiger partial charge is 0.490 e. The fourth-order valence-electron chi connectivity index (χ4n) is 3.96. The normalized spacial score (nSPS) is 15.0. The van der Waals surface area contributed by atoms with Gasteiger partial charge in [-0.2, -0.15) is 0 Å². The molecule has 0 spiro atoms. The molecule has 0 fully saturated rings. The maximum absolute atomic E-state index is 13.7. The van der Waals surface area contributed by atoms with Gasteiger partial charge >= 0.3 is 11.9 Å². The molecule has 1 unspecified atom stereocenters. The van der Waals surface area contributed by atoms with Crippen LogP contribution < -0.4 is 24.4 Å². The Balaban J connectivity index is 1.82. The first-order valence-electron chi connectivity index (χ1n) is 11.6. The maximum Gasteiger partial charge on any atom is 0.338 e. The Morgan fingerprint density at radius 1 is 1.11 bits per heavy atom. The first kappa shape index (κ1) is 25.8. The fraction of sp³-hybridized carbons (Fsp3) is 0.214. The number of nitrogens with zero attached hydrogens (tertiary/aromatic N) is 2. The molecule has 1 aliphatic rings. The third kappa shape index (κ3) is 5.62.